The highest BCUT2D eigenvalue weighted by Crippen LogP contribution is 2.38. The van der Waals surface area contributed by atoms with Crippen molar-refractivity contribution in [3.63, 3.8) is 0 Å². The zero-order valence-corrected chi connectivity index (χ0v) is 13.1. The molecule has 120 valence electrons. The fourth-order valence-electron chi connectivity index (χ4n) is 2.46. The second-order valence-corrected chi connectivity index (χ2v) is 4.50. The lowest BCUT2D eigenvalue weighted by Gasteiger charge is -2.18. The number of hydrogen-bond acceptors (Lipinski definition) is 4. The summed E-state index contributed by atoms with van der Waals surface area (Å²) in [7, 11) is 3.00. The number of methoxy groups -OCH3 is 2. The number of carbonyl (C=O) groups is 2. The van der Waals surface area contributed by atoms with Crippen molar-refractivity contribution < 1.29 is 29.3 Å². The molecule has 0 bridgehead atoms. The molecule has 2 N–H and O–H groups in total. The van der Waals surface area contributed by atoms with Gasteiger partial charge in [0, 0.05) is 11.1 Å². The Balaban J connectivity index is 3.76. The van der Waals surface area contributed by atoms with E-state index in [1.807, 2.05) is 6.92 Å². The molecular formula is C16H20O6. The summed E-state index contributed by atoms with van der Waals surface area (Å²) in [5.74, 6) is -1.88. The highest BCUT2D eigenvalue weighted by molar-refractivity contribution is 6.19. The molecule has 0 radical (unpaired) electrons. The first-order chi connectivity index (χ1) is 10.4. The molecule has 0 heterocycles. The lowest BCUT2D eigenvalue weighted by Crippen LogP contribution is -2.14. The minimum Gasteiger partial charge on any atom is -0.496 e. The summed E-state index contributed by atoms with van der Waals surface area (Å²) in [6, 6.07) is 3.31. The van der Waals surface area contributed by atoms with E-state index in [0.717, 1.165) is 5.56 Å². The zero-order valence-electron chi connectivity index (χ0n) is 13.1. The number of hydrogen-bond donors (Lipinski definition) is 2. The average molecular weight is 308 g/mol. The Morgan fingerprint density at radius 3 is 2.00 bits per heavy atom. The van der Waals surface area contributed by atoms with Gasteiger partial charge in [-0.1, -0.05) is 13.8 Å². The molecule has 0 saturated heterocycles. The van der Waals surface area contributed by atoms with Gasteiger partial charge < -0.3 is 19.7 Å². The zero-order chi connectivity index (χ0) is 16.9. The lowest BCUT2D eigenvalue weighted by molar-refractivity contribution is -0.140. The Kier molecular flexibility index (Phi) is 5.98. The van der Waals surface area contributed by atoms with Crippen LogP contribution in [0.15, 0.2) is 17.7 Å². The SMILES string of the molecule is CCC(=C(C(=O)O)C(=O)O)c1ccc(OC)c(CC)c1OC. The molecule has 6 nitrogen and oxygen atoms in total. The van der Waals surface area contributed by atoms with Crippen molar-refractivity contribution in [1.29, 1.82) is 0 Å². The molecule has 0 aliphatic carbocycles. The quantitative estimate of drug-likeness (QED) is 0.457. The number of allylic oxidation sites excluding steroid dienone is 1. The first kappa shape index (κ1) is 17.6. The topological polar surface area (TPSA) is 93.1 Å². The van der Waals surface area contributed by atoms with Crippen molar-refractivity contribution in [2.45, 2.75) is 26.7 Å². The third kappa shape index (κ3) is 3.21. The van der Waals surface area contributed by atoms with E-state index in [1.54, 1.807) is 19.1 Å². The third-order valence-electron chi connectivity index (χ3n) is 3.40. The molecule has 0 aliphatic rings. The maximum atomic E-state index is 11.3. The molecule has 1 aromatic carbocycles. The molecule has 0 fully saturated rings. The fraction of sp³-hybridized carbons (Fsp3) is 0.375. The number of ether oxygens (including phenoxy) is 2. The smallest absolute Gasteiger partial charge is 0.343 e. The van der Waals surface area contributed by atoms with Gasteiger partial charge in [-0.15, -0.1) is 0 Å². The second kappa shape index (κ2) is 7.49. The molecule has 0 amide bonds. The van der Waals surface area contributed by atoms with E-state index in [0.29, 0.717) is 23.5 Å². The van der Waals surface area contributed by atoms with Crippen molar-refractivity contribution in [3.8, 4) is 11.5 Å². The number of carboxylic acids is 2. The van der Waals surface area contributed by atoms with Gasteiger partial charge in [0.15, 0.2) is 0 Å². The highest BCUT2D eigenvalue weighted by Gasteiger charge is 2.25. The molecule has 0 aliphatic heterocycles. The van der Waals surface area contributed by atoms with Crippen molar-refractivity contribution in [2.24, 2.45) is 0 Å². The van der Waals surface area contributed by atoms with E-state index in [2.05, 4.69) is 0 Å². The first-order valence-corrected chi connectivity index (χ1v) is 6.86. The van der Waals surface area contributed by atoms with E-state index >= 15 is 0 Å². The lowest BCUT2D eigenvalue weighted by atomic mass is 9.93. The maximum absolute atomic E-state index is 11.3. The normalized spacial score (nSPS) is 10.0. The summed E-state index contributed by atoms with van der Waals surface area (Å²) in [6.07, 6.45) is 0.854. The van der Waals surface area contributed by atoms with Gasteiger partial charge in [0.1, 0.15) is 17.1 Å². The minimum absolute atomic E-state index is 0.217. The number of rotatable bonds is 7. The summed E-state index contributed by atoms with van der Waals surface area (Å²) in [5, 5.41) is 18.4. The molecule has 0 atom stereocenters. The van der Waals surface area contributed by atoms with Crippen LogP contribution >= 0.6 is 0 Å². The molecule has 0 unspecified atom stereocenters. The van der Waals surface area contributed by atoms with Crippen LogP contribution in [-0.2, 0) is 16.0 Å². The predicted octanol–water partition coefficient (Wildman–Crippen LogP) is 2.60. The van der Waals surface area contributed by atoms with Crippen molar-refractivity contribution in [3.05, 3.63) is 28.8 Å². The van der Waals surface area contributed by atoms with Gasteiger partial charge in [-0.3, -0.25) is 0 Å². The average Bonchev–Trinajstić information content (AvgIpc) is 2.49. The van der Waals surface area contributed by atoms with E-state index in [9.17, 15) is 19.8 Å². The third-order valence-corrected chi connectivity index (χ3v) is 3.40. The molecule has 6 heteroatoms. The van der Waals surface area contributed by atoms with E-state index < -0.39 is 17.5 Å². The van der Waals surface area contributed by atoms with Crippen molar-refractivity contribution in [2.75, 3.05) is 14.2 Å². The van der Waals surface area contributed by atoms with Crippen molar-refractivity contribution >= 4 is 17.5 Å². The van der Waals surface area contributed by atoms with Gasteiger partial charge in [0.25, 0.3) is 0 Å². The first-order valence-electron chi connectivity index (χ1n) is 6.86. The summed E-state index contributed by atoms with van der Waals surface area (Å²) >= 11 is 0. The highest BCUT2D eigenvalue weighted by atomic mass is 16.5. The van der Waals surface area contributed by atoms with E-state index in [-0.39, 0.29) is 12.0 Å². The van der Waals surface area contributed by atoms with Crippen LogP contribution in [0.25, 0.3) is 5.57 Å². The minimum atomic E-state index is -1.47. The second-order valence-electron chi connectivity index (χ2n) is 4.50. The van der Waals surface area contributed by atoms with E-state index in [1.165, 1.54) is 14.2 Å². The summed E-state index contributed by atoms with van der Waals surface area (Å²) in [4.78, 5) is 22.6. The number of carboxylic acid groups (broad SMARTS) is 2. The summed E-state index contributed by atoms with van der Waals surface area (Å²) < 4.78 is 10.7. The Bertz CT molecular complexity index is 599. The van der Waals surface area contributed by atoms with Crippen LogP contribution in [0.1, 0.15) is 31.4 Å². The Morgan fingerprint density at radius 1 is 1.05 bits per heavy atom. The molecule has 0 spiro atoms. The molecular weight excluding hydrogens is 288 g/mol. The van der Waals surface area contributed by atoms with Gasteiger partial charge >= 0.3 is 11.9 Å². The van der Waals surface area contributed by atoms with Crippen LogP contribution in [-0.4, -0.2) is 36.4 Å². The molecule has 22 heavy (non-hydrogen) atoms. The Labute approximate surface area is 129 Å². The van der Waals surface area contributed by atoms with Gasteiger partial charge in [-0.05, 0) is 30.5 Å². The van der Waals surface area contributed by atoms with Gasteiger partial charge in [-0.25, -0.2) is 9.59 Å². The molecule has 1 aromatic rings. The van der Waals surface area contributed by atoms with Gasteiger partial charge in [-0.2, -0.15) is 0 Å². The van der Waals surface area contributed by atoms with Gasteiger partial charge in [0.2, 0.25) is 0 Å². The molecule has 1 rings (SSSR count). The number of aliphatic carboxylic acids is 2. The van der Waals surface area contributed by atoms with Gasteiger partial charge in [0.05, 0.1) is 14.2 Å². The fourth-order valence-corrected chi connectivity index (χ4v) is 2.46. The van der Waals surface area contributed by atoms with E-state index in [4.69, 9.17) is 9.47 Å². The predicted molar refractivity (Wildman–Crippen MR) is 81.4 cm³/mol. The van der Waals surface area contributed by atoms with Crippen LogP contribution in [0.2, 0.25) is 0 Å². The van der Waals surface area contributed by atoms with Crippen LogP contribution in [0.3, 0.4) is 0 Å². The Hall–Kier alpha value is -2.50. The molecule has 0 saturated carbocycles. The largest absolute Gasteiger partial charge is 0.496 e. The Morgan fingerprint density at radius 2 is 1.64 bits per heavy atom. The van der Waals surface area contributed by atoms with Crippen LogP contribution in [0.4, 0.5) is 0 Å². The van der Waals surface area contributed by atoms with Crippen LogP contribution in [0, 0.1) is 0 Å². The summed E-state index contributed by atoms with van der Waals surface area (Å²) in [6.45, 7) is 3.62. The standard InChI is InChI=1S/C16H20O6/c1-5-9(13(15(17)18)16(19)20)11-7-8-12(21-3)10(6-2)14(11)22-4/h7-8H,5-6H2,1-4H3,(H,17,18)(H,19,20). The van der Waals surface area contributed by atoms with Crippen molar-refractivity contribution in [1.82, 2.24) is 0 Å². The number of benzene rings is 1. The maximum Gasteiger partial charge on any atom is 0.343 e. The molecule has 0 aromatic heterocycles. The van der Waals surface area contributed by atoms with Crippen LogP contribution < -0.4 is 9.47 Å². The van der Waals surface area contributed by atoms with Crippen LogP contribution in [0.5, 0.6) is 11.5 Å². The monoisotopic (exact) mass is 308 g/mol. The summed E-state index contributed by atoms with van der Waals surface area (Å²) in [5.41, 5.74) is 0.799.